The second kappa shape index (κ2) is 2.91. The second-order valence-corrected chi connectivity index (χ2v) is 3.37. The Bertz CT molecular complexity index is 166. The molecular weight excluding hydrogens is 169 g/mol. The molecule has 72 valence electrons. The first-order valence-corrected chi connectivity index (χ1v) is 4.06. The van der Waals surface area contributed by atoms with Crippen molar-refractivity contribution in [1.29, 1.82) is 0 Å². The van der Waals surface area contributed by atoms with Crippen molar-refractivity contribution < 1.29 is 17.9 Å². The highest BCUT2D eigenvalue weighted by Gasteiger charge is 2.58. The monoisotopic (exact) mass is 182 g/mol. The van der Waals surface area contributed by atoms with Crippen LogP contribution in [-0.2, 0) is 4.74 Å². The van der Waals surface area contributed by atoms with Crippen LogP contribution in [0.3, 0.4) is 0 Å². The molecule has 0 N–H and O–H groups in total. The molecule has 1 nitrogen and oxygen atoms in total. The van der Waals surface area contributed by atoms with Gasteiger partial charge in [-0.15, -0.1) is 0 Å². The minimum Gasteiger partial charge on any atom is -0.377 e. The van der Waals surface area contributed by atoms with Crippen molar-refractivity contribution >= 4 is 0 Å². The van der Waals surface area contributed by atoms with E-state index >= 15 is 0 Å². The topological polar surface area (TPSA) is 9.23 Å². The lowest BCUT2D eigenvalue weighted by molar-refractivity contribution is -0.140. The minimum atomic E-state index is -3.30. The third-order valence-corrected chi connectivity index (χ3v) is 2.50. The maximum absolute atomic E-state index is 13.6. The molecule has 1 aliphatic heterocycles. The number of hydrogen-bond acceptors (Lipinski definition) is 1. The van der Waals surface area contributed by atoms with E-state index in [1.807, 2.05) is 0 Å². The van der Waals surface area contributed by atoms with Gasteiger partial charge in [0.1, 0.15) is 0 Å². The molecule has 1 fully saturated rings. The van der Waals surface area contributed by atoms with Gasteiger partial charge in [0.25, 0.3) is 5.92 Å². The van der Waals surface area contributed by atoms with Crippen LogP contribution in [0.15, 0.2) is 0 Å². The quantitative estimate of drug-likeness (QED) is 0.637. The molecule has 0 bridgehead atoms. The molecule has 1 heterocycles. The molecule has 0 radical (unpaired) electrons. The fourth-order valence-electron chi connectivity index (χ4n) is 1.53. The Morgan fingerprint density at radius 1 is 1.58 bits per heavy atom. The highest BCUT2D eigenvalue weighted by molar-refractivity contribution is 4.99. The molecule has 4 heteroatoms. The normalized spacial score (nSPS) is 37.2. The Labute approximate surface area is 69.9 Å². The largest absolute Gasteiger partial charge is 0.377 e. The summed E-state index contributed by atoms with van der Waals surface area (Å²) >= 11 is 0. The maximum Gasteiger partial charge on any atom is 0.281 e. The Balaban J connectivity index is 2.82. The summed E-state index contributed by atoms with van der Waals surface area (Å²) in [6, 6.07) is 0. The van der Waals surface area contributed by atoms with Gasteiger partial charge in [0, 0.05) is 12.8 Å². The van der Waals surface area contributed by atoms with E-state index in [4.69, 9.17) is 4.74 Å². The van der Waals surface area contributed by atoms with Crippen LogP contribution in [0.5, 0.6) is 0 Å². The van der Waals surface area contributed by atoms with Crippen molar-refractivity contribution in [2.24, 2.45) is 5.92 Å². The fraction of sp³-hybridized carbons (Fsp3) is 1.00. The van der Waals surface area contributed by atoms with E-state index in [1.54, 1.807) is 6.92 Å². The van der Waals surface area contributed by atoms with Gasteiger partial charge in [-0.05, 0) is 6.42 Å². The average molecular weight is 182 g/mol. The summed E-state index contributed by atoms with van der Waals surface area (Å²) in [6.45, 7) is 1.94. The molecule has 0 amide bonds. The second-order valence-electron chi connectivity index (χ2n) is 3.37. The first-order chi connectivity index (χ1) is 5.42. The summed E-state index contributed by atoms with van der Waals surface area (Å²) < 4.78 is 43.9. The lowest BCUT2D eigenvalue weighted by atomic mass is 9.85. The molecule has 1 aliphatic rings. The van der Waals surface area contributed by atoms with Gasteiger partial charge >= 0.3 is 0 Å². The van der Waals surface area contributed by atoms with Crippen molar-refractivity contribution in [3.63, 3.8) is 0 Å². The fourth-order valence-corrected chi connectivity index (χ4v) is 1.53. The SMILES string of the molecule is CCC1COCC1(F)C(C)(F)F. The highest BCUT2D eigenvalue weighted by Crippen LogP contribution is 2.43. The first-order valence-electron chi connectivity index (χ1n) is 4.06. The molecule has 0 aromatic rings. The number of halogens is 3. The van der Waals surface area contributed by atoms with Crippen molar-refractivity contribution in [1.82, 2.24) is 0 Å². The summed E-state index contributed by atoms with van der Waals surface area (Å²) in [7, 11) is 0. The third kappa shape index (κ3) is 1.32. The van der Waals surface area contributed by atoms with E-state index in [0.717, 1.165) is 0 Å². The molecule has 2 unspecified atom stereocenters. The van der Waals surface area contributed by atoms with Crippen molar-refractivity contribution in [3.05, 3.63) is 0 Å². The maximum atomic E-state index is 13.6. The van der Waals surface area contributed by atoms with Gasteiger partial charge in [-0.2, -0.15) is 0 Å². The van der Waals surface area contributed by atoms with E-state index in [0.29, 0.717) is 13.3 Å². The van der Waals surface area contributed by atoms with Gasteiger partial charge in [-0.1, -0.05) is 6.92 Å². The minimum absolute atomic E-state index is 0.108. The molecule has 0 spiro atoms. The molecule has 12 heavy (non-hydrogen) atoms. The van der Waals surface area contributed by atoms with Gasteiger partial charge in [-0.3, -0.25) is 0 Å². The average Bonchev–Trinajstić information content (AvgIpc) is 2.30. The van der Waals surface area contributed by atoms with Gasteiger partial charge in [0.15, 0.2) is 0 Å². The summed E-state index contributed by atoms with van der Waals surface area (Å²) in [4.78, 5) is 0. The van der Waals surface area contributed by atoms with E-state index < -0.39 is 24.1 Å². The summed E-state index contributed by atoms with van der Waals surface area (Å²) in [5, 5.41) is 0. The number of rotatable bonds is 2. The standard InChI is InChI=1S/C8H13F3O/c1-3-6-4-12-5-8(6,11)7(2,9)10/h6H,3-5H2,1-2H3. The Kier molecular flexibility index (Phi) is 2.38. The molecule has 1 rings (SSSR count). The van der Waals surface area contributed by atoms with Crippen LogP contribution in [0, 0.1) is 5.92 Å². The van der Waals surface area contributed by atoms with Gasteiger partial charge in [-0.25, -0.2) is 13.2 Å². The van der Waals surface area contributed by atoms with Crippen LogP contribution >= 0.6 is 0 Å². The van der Waals surface area contributed by atoms with E-state index in [1.165, 1.54) is 0 Å². The first kappa shape index (κ1) is 9.84. The Hall–Kier alpha value is -0.250. The number of ether oxygens (including phenoxy) is 1. The van der Waals surface area contributed by atoms with E-state index in [2.05, 4.69) is 0 Å². The summed E-state index contributed by atoms with van der Waals surface area (Å²) in [6.07, 6.45) is 0.389. The molecule has 0 saturated carbocycles. The lowest BCUT2D eigenvalue weighted by Gasteiger charge is -2.30. The van der Waals surface area contributed by atoms with Crippen LogP contribution < -0.4 is 0 Å². The van der Waals surface area contributed by atoms with Gasteiger partial charge < -0.3 is 4.74 Å². The molecule has 0 aliphatic carbocycles. The zero-order valence-corrected chi connectivity index (χ0v) is 7.24. The van der Waals surface area contributed by atoms with Crippen LogP contribution in [0.2, 0.25) is 0 Å². The van der Waals surface area contributed by atoms with Crippen LogP contribution in [0.1, 0.15) is 20.3 Å². The zero-order chi connectivity index (χ0) is 9.41. The molecule has 1 saturated heterocycles. The number of alkyl halides is 3. The molecule has 0 aromatic heterocycles. The van der Waals surface area contributed by atoms with Crippen molar-refractivity contribution in [3.8, 4) is 0 Å². The van der Waals surface area contributed by atoms with E-state index in [9.17, 15) is 13.2 Å². The predicted molar refractivity (Wildman–Crippen MR) is 39.1 cm³/mol. The van der Waals surface area contributed by atoms with Crippen LogP contribution in [0.25, 0.3) is 0 Å². The Morgan fingerprint density at radius 2 is 2.17 bits per heavy atom. The molecular formula is C8H13F3O. The van der Waals surface area contributed by atoms with Gasteiger partial charge in [0.2, 0.25) is 5.67 Å². The lowest BCUT2D eigenvalue weighted by Crippen LogP contribution is -2.47. The highest BCUT2D eigenvalue weighted by atomic mass is 19.3. The van der Waals surface area contributed by atoms with Crippen LogP contribution in [0.4, 0.5) is 13.2 Å². The van der Waals surface area contributed by atoms with E-state index in [-0.39, 0.29) is 6.61 Å². The number of hydrogen-bond donors (Lipinski definition) is 0. The van der Waals surface area contributed by atoms with Crippen molar-refractivity contribution in [2.75, 3.05) is 13.2 Å². The van der Waals surface area contributed by atoms with Crippen molar-refractivity contribution in [2.45, 2.75) is 31.9 Å². The molecule has 0 aromatic carbocycles. The third-order valence-electron chi connectivity index (χ3n) is 2.50. The summed E-state index contributed by atoms with van der Waals surface area (Å²) in [5.41, 5.74) is -2.46. The molecule has 2 atom stereocenters. The van der Waals surface area contributed by atoms with Crippen LogP contribution in [-0.4, -0.2) is 24.8 Å². The zero-order valence-electron chi connectivity index (χ0n) is 7.24. The smallest absolute Gasteiger partial charge is 0.281 e. The summed E-state index contributed by atoms with van der Waals surface area (Å²) in [5.74, 6) is -3.97. The van der Waals surface area contributed by atoms with Gasteiger partial charge in [0.05, 0.1) is 13.2 Å². The predicted octanol–water partition coefficient (Wildman–Crippen LogP) is 2.41. The Morgan fingerprint density at radius 3 is 2.50 bits per heavy atom.